The zero-order chi connectivity index (χ0) is 9.97. The summed E-state index contributed by atoms with van der Waals surface area (Å²) in [7, 11) is 0. The van der Waals surface area contributed by atoms with E-state index in [1.165, 1.54) is 0 Å². The van der Waals surface area contributed by atoms with Gasteiger partial charge in [0, 0.05) is 5.92 Å². The van der Waals surface area contributed by atoms with Crippen LogP contribution in [0.25, 0.3) is 0 Å². The third-order valence-corrected chi connectivity index (χ3v) is 2.80. The Bertz CT molecular complexity index is 336. The summed E-state index contributed by atoms with van der Waals surface area (Å²) in [6.45, 7) is 2.09. The second-order valence-corrected chi connectivity index (χ2v) is 3.74. The van der Waals surface area contributed by atoms with Crippen molar-refractivity contribution >= 4 is 17.3 Å². The van der Waals surface area contributed by atoms with Crippen molar-refractivity contribution in [3.63, 3.8) is 0 Å². The predicted octanol–water partition coefficient (Wildman–Crippen LogP) is 2.66. The number of oxime groups is 1. The number of halogens is 1. The Morgan fingerprint density at radius 1 is 1.36 bits per heavy atom. The lowest BCUT2D eigenvalue weighted by Gasteiger charge is -2.10. The highest BCUT2D eigenvalue weighted by Gasteiger charge is 2.30. The van der Waals surface area contributed by atoms with Crippen molar-refractivity contribution in [3.8, 4) is 0 Å². The molecule has 0 aromatic heterocycles. The number of hydrogen-bond donors (Lipinski definition) is 0. The van der Waals surface area contributed by atoms with Crippen molar-refractivity contribution < 1.29 is 4.84 Å². The van der Waals surface area contributed by atoms with E-state index >= 15 is 0 Å². The Labute approximate surface area is 88.5 Å². The molecule has 0 spiro atoms. The number of benzene rings is 1. The smallest absolute Gasteiger partial charge is 0.149 e. The number of alkyl halides is 1. The first-order valence-electron chi connectivity index (χ1n) is 4.68. The van der Waals surface area contributed by atoms with Crippen LogP contribution in [0.1, 0.15) is 12.5 Å². The lowest BCUT2D eigenvalue weighted by molar-refractivity contribution is 0.0824. The lowest BCUT2D eigenvalue weighted by atomic mass is 9.95. The average Bonchev–Trinajstić information content (AvgIpc) is 2.61. The number of nitrogens with zero attached hydrogens (tertiary/aromatic N) is 1. The summed E-state index contributed by atoms with van der Waals surface area (Å²) in [5.41, 5.74) is 2.11. The van der Waals surface area contributed by atoms with E-state index in [4.69, 9.17) is 16.4 Å². The molecule has 0 aliphatic carbocycles. The second kappa shape index (κ2) is 4.01. The van der Waals surface area contributed by atoms with Gasteiger partial charge < -0.3 is 4.84 Å². The molecule has 0 bridgehead atoms. The fourth-order valence-electron chi connectivity index (χ4n) is 1.56. The van der Waals surface area contributed by atoms with Crippen molar-refractivity contribution in [2.24, 2.45) is 11.1 Å². The fraction of sp³-hybridized carbons (Fsp3) is 0.364. The molecule has 1 aromatic rings. The SMILES string of the molecule is C[C@H]1C(c2ccccc2)=NO[C@@H]1CCl. The molecule has 1 heterocycles. The topological polar surface area (TPSA) is 21.6 Å². The molecular formula is C11H12ClNO. The molecule has 0 N–H and O–H groups in total. The lowest BCUT2D eigenvalue weighted by Crippen LogP contribution is -2.22. The van der Waals surface area contributed by atoms with Gasteiger partial charge in [-0.25, -0.2) is 0 Å². The van der Waals surface area contributed by atoms with Gasteiger partial charge in [-0.15, -0.1) is 11.6 Å². The van der Waals surface area contributed by atoms with Crippen molar-refractivity contribution in [2.75, 3.05) is 5.88 Å². The van der Waals surface area contributed by atoms with Gasteiger partial charge in [0.2, 0.25) is 0 Å². The van der Waals surface area contributed by atoms with Gasteiger partial charge in [-0.1, -0.05) is 42.4 Å². The quantitative estimate of drug-likeness (QED) is 0.687. The van der Waals surface area contributed by atoms with Crippen LogP contribution in [0.2, 0.25) is 0 Å². The molecule has 0 saturated heterocycles. The maximum atomic E-state index is 5.76. The summed E-state index contributed by atoms with van der Waals surface area (Å²) in [4.78, 5) is 5.24. The van der Waals surface area contributed by atoms with E-state index in [1.807, 2.05) is 30.3 Å². The van der Waals surface area contributed by atoms with Gasteiger partial charge in [-0.2, -0.15) is 0 Å². The molecule has 0 fully saturated rings. The second-order valence-electron chi connectivity index (χ2n) is 3.43. The van der Waals surface area contributed by atoms with Gasteiger partial charge in [-0.05, 0) is 5.56 Å². The molecule has 2 nitrogen and oxygen atoms in total. The molecule has 1 aromatic carbocycles. The van der Waals surface area contributed by atoms with Gasteiger partial charge in [0.25, 0.3) is 0 Å². The summed E-state index contributed by atoms with van der Waals surface area (Å²) in [5.74, 6) is 0.760. The molecule has 0 saturated carbocycles. The molecule has 2 atom stereocenters. The van der Waals surface area contributed by atoms with Gasteiger partial charge in [-0.3, -0.25) is 0 Å². The normalized spacial score (nSPS) is 25.7. The Balaban J connectivity index is 2.22. The first-order chi connectivity index (χ1) is 6.83. The van der Waals surface area contributed by atoms with Gasteiger partial charge >= 0.3 is 0 Å². The molecule has 74 valence electrons. The minimum atomic E-state index is 0.0203. The number of hydrogen-bond acceptors (Lipinski definition) is 2. The minimum Gasteiger partial charge on any atom is -0.390 e. The van der Waals surface area contributed by atoms with E-state index in [-0.39, 0.29) is 12.0 Å². The third kappa shape index (κ3) is 1.62. The third-order valence-electron chi connectivity index (χ3n) is 2.50. The first kappa shape index (κ1) is 9.53. The standard InChI is InChI=1S/C11H12ClNO/c1-8-10(7-12)14-13-11(8)9-5-3-2-4-6-9/h2-6,8,10H,7H2,1H3/t8-,10-/m1/s1. The highest BCUT2D eigenvalue weighted by Crippen LogP contribution is 2.23. The molecule has 0 radical (unpaired) electrons. The van der Waals surface area contributed by atoms with Crippen LogP contribution in [-0.4, -0.2) is 17.7 Å². The molecule has 0 amide bonds. The van der Waals surface area contributed by atoms with Crippen molar-refractivity contribution in [1.82, 2.24) is 0 Å². The van der Waals surface area contributed by atoms with E-state index < -0.39 is 0 Å². The molecular weight excluding hydrogens is 198 g/mol. The maximum Gasteiger partial charge on any atom is 0.149 e. The van der Waals surface area contributed by atoms with Crippen LogP contribution < -0.4 is 0 Å². The highest BCUT2D eigenvalue weighted by atomic mass is 35.5. The van der Waals surface area contributed by atoms with Crippen LogP contribution >= 0.6 is 11.6 Å². The molecule has 3 heteroatoms. The summed E-state index contributed by atoms with van der Waals surface area (Å²) in [5, 5.41) is 4.07. The zero-order valence-corrected chi connectivity index (χ0v) is 8.74. The highest BCUT2D eigenvalue weighted by molar-refractivity contribution is 6.18. The van der Waals surface area contributed by atoms with Gasteiger partial charge in [0.15, 0.2) is 0 Å². The Hall–Kier alpha value is -1.02. The predicted molar refractivity (Wildman–Crippen MR) is 57.7 cm³/mol. The molecule has 1 aliphatic rings. The monoisotopic (exact) mass is 209 g/mol. The summed E-state index contributed by atoms with van der Waals surface area (Å²) in [6.07, 6.45) is 0.0203. The van der Waals surface area contributed by atoms with Gasteiger partial charge in [0.05, 0.1) is 11.6 Å². The Kier molecular flexibility index (Phi) is 2.73. The van der Waals surface area contributed by atoms with E-state index in [9.17, 15) is 0 Å². The van der Waals surface area contributed by atoms with Crippen molar-refractivity contribution in [2.45, 2.75) is 13.0 Å². The van der Waals surface area contributed by atoms with Crippen LogP contribution in [0.15, 0.2) is 35.5 Å². The molecule has 1 aliphatic heterocycles. The molecule has 2 rings (SSSR count). The van der Waals surface area contributed by atoms with Gasteiger partial charge in [0.1, 0.15) is 6.10 Å². The average molecular weight is 210 g/mol. The fourth-order valence-corrected chi connectivity index (χ4v) is 1.88. The Morgan fingerprint density at radius 2 is 2.07 bits per heavy atom. The van der Waals surface area contributed by atoms with Crippen LogP contribution in [0, 0.1) is 5.92 Å². The van der Waals surface area contributed by atoms with Crippen molar-refractivity contribution in [1.29, 1.82) is 0 Å². The largest absolute Gasteiger partial charge is 0.390 e. The van der Waals surface area contributed by atoms with E-state index in [2.05, 4.69) is 12.1 Å². The molecule has 14 heavy (non-hydrogen) atoms. The van der Waals surface area contributed by atoms with E-state index in [1.54, 1.807) is 0 Å². The van der Waals surface area contributed by atoms with E-state index in [0.29, 0.717) is 5.88 Å². The van der Waals surface area contributed by atoms with Crippen LogP contribution in [0.3, 0.4) is 0 Å². The number of rotatable bonds is 2. The summed E-state index contributed by atoms with van der Waals surface area (Å²) < 4.78 is 0. The maximum absolute atomic E-state index is 5.76. The van der Waals surface area contributed by atoms with Crippen molar-refractivity contribution in [3.05, 3.63) is 35.9 Å². The Morgan fingerprint density at radius 3 is 2.64 bits per heavy atom. The van der Waals surface area contributed by atoms with Crippen LogP contribution in [0.4, 0.5) is 0 Å². The first-order valence-corrected chi connectivity index (χ1v) is 5.21. The summed E-state index contributed by atoms with van der Waals surface area (Å²) >= 11 is 5.76. The zero-order valence-electron chi connectivity index (χ0n) is 7.98. The minimum absolute atomic E-state index is 0.0203. The van der Waals surface area contributed by atoms with Crippen LogP contribution in [0.5, 0.6) is 0 Å². The van der Waals surface area contributed by atoms with Crippen LogP contribution in [-0.2, 0) is 4.84 Å². The van der Waals surface area contributed by atoms with E-state index in [0.717, 1.165) is 11.3 Å². The summed E-state index contributed by atoms with van der Waals surface area (Å²) in [6, 6.07) is 10.1. The molecule has 0 unspecified atom stereocenters.